The van der Waals surface area contributed by atoms with E-state index >= 15 is 0 Å². The predicted molar refractivity (Wildman–Crippen MR) is 83.0 cm³/mol. The maximum atomic E-state index is 5.51. The molecule has 3 rings (SSSR count). The van der Waals surface area contributed by atoms with Crippen molar-refractivity contribution < 1.29 is 4.74 Å². The molecule has 1 aliphatic rings. The van der Waals surface area contributed by atoms with Crippen LogP contribution >= 0.6 is 0 Å². The Morgan fingerprint density at radius 2 is 2.10 bits per heavy atom. The van der Waals surface area contributed by atoms with Crippen LogP contribution in [-0.4, -0.2) is 29.0 Å². The number of ether oxygens (including phenoxy) is 1. The van der Waals surface area contributed by atoms with Crippen LogP contribution in [0.25, 0.3) is 0 Å². The SMILES string of the molecule is COC1CCCC1NCc1cnn(Cc2ccccc2)c1. The van der Waals surface area contributed by atoms with E-state index in [1.54, 1.807) is 0 Å². The van der Waals surface area contributed by atoms with E-state index in [4.69, 9.17) is 4.74 Å². The lowest BCUT2D eigenvalue weighted by Crippen LogP contribution is -2.36. The van der Waals surface area contributed by atoms with Gasteiger partial charge >= 0.3 is 0 Å². The minimum Gasteiger partial charge on any atom is -0.380 e. The van der Waals surface area contributed by atoms with Crippen LogP contribution in [0.3, 0.4) is 0 Å². The molecule has 2 atom stereocenters. The second-order valence-electron chi connectivity index (χ2n) is 5.72. The molecule has 1 heterocycles. The maximum absolute atomic E-state index is 5.51. The number of methoxy groups -OCH3 is 1. The third-order valence-electron chi connectivity index (χ3n) is 4.20. The Labute approximate surface area is 126 Å². The van der Waals surface area contributed by atoms with Gasteiger partial charge in [-0.1, -0.05) is 30.3 Å². The summed E-state index contributed by atoms with van der Waals surface area (Å²) in [5.74, 6) is 0. The van der Waals surface area contributed by atoms with E-state index in [0.29, 0.717) is 12.1 Å². The molecule has 21 heavy (non-hydrogen) atoms. The molecule has 1 aliphatic carbocycles. The minimum absolute atomic E-state index is 0.365. The Balaban J connectivity index is 1.53. The van der Waals surface area contributed by atoms with Gasteiger partial charge in [0.1, 0.15) is 0 Å². The van der Waals surface area contributed by atoms with E-state index in [0.717, 1.165) is 13.1 Å². The molecule has 1 N–H and O–H groups in total. The Hall–Kier alpha value is -1.65. The van der Waals surface area contributed by atoms with Gasteiger partial charge < -0.3 is 10.1 Å². The van der Waals surface area contributed by atoms with Crippen LogP contribution in [0.15, 0.2) is 42.7 Å². The van der Waals surface area contributed by atoms with Gasteiger partial charge in [-0.3, -0.25) is 4.68 Å². The molecule has 112 valence electrons. The summed E-state index contributed by atoms with van der Waals surface area (Å²) in [6, 6.07) is 10.9. The van der Waals surface area contributed by atoms with Gasteiger partial charge in [0.25, 0.3) is 0 Å². The fourth-order valence-corrected chi connectivity index (χ4v) is 3.05. The molecule has 0 aliphatic heterocycles. The number of hydrogen-bond donors (Lipinski definition) is 1. The highest BCUT2D eigenvalue weighted by Gasteiger charge is 2.26. The number of benzene rings is 1. The standard InChI is InChI=1S/C17H23N3O/c1-21-17-9-5-8-16(17)18-10-15-11-19-20(13-15)12-14-6-3-2-4-7-14/h2-4,6-7,11,13,16-18H,5,8-10,12H2,1H3. The van der Waals surface area contributed by atoms with Gasteiger partial charge in [-0.2, -0.15) is 5.10 Å². The van der Waals surface area contributed by atoms with Crippen molar-refractivity contribution in [3.63, 3.8) is 0 Å². The third kappa shape index (κ3) is 3.71. The minimum atomic E-state index is 0.365. The van der Waals surface area contributed by atoms with Gasteiger partial charge in [0.05, 0.1) is 18.8 Å². The molecule has 0 radical (unpaired) electrons. The number of aromatic nitrogens is 2. The summed E-state index contributed by atoms with van der Waals surface area (Å²) in [7, 11) is 1.81. The van der Waals surface area contributed by atoms with Crippen LogP contribution in [0, 0.1) is 0 Å². The quantitative estimate of drug-likeness (QED) is 0.886. The van der Waals surface area contributed by atoms with E-state index in [1.807, 2.05) is 24.1 Å². The molecule has 1 aromatic carbocycles. The molecule has 0 bridgehead atoms. The highest BCUT2D eigenvalue weighted by atomic mass is 16.5. The summed E-state index contributed by atoms with van der Waals surface area (Å²) in [6.45, 7) is 1.68. The van der Waals surface area contributed by atoms with E-state index in [1.165, 1.54) is 30.4 Å². The lowest BCUT2D eigenvalue weighted by molar-refractivity contribution is 0.0847. The van der Waals surface area contributed by atoms with Crippen molar-refractivity contribution in [3.8, 4) is 0 Å². The third-order valence-corrected chi connectivity index (χ3v) is 4.20. The van der Waals surface area contributed by atoms with Gasteiger partial charge in [-0.15, -0.1) is 0 Å². The van der Waals surface area contributed by atoms with Crippen LogP contribution in [-0.2, 0) is 17.8 Å². The fourth-order valence-electron chi connectivity index (χ4n) is 3.05. The molecular formula is C17H23N3O. The van der Waals surface area contributed by atoms with Crippen molar-refractivity contribution in [1.29, 1.82) is 0 Å². The summed E-state index contributed by atoms with van der Waals surface area (Å²) in [6.07, 6.45) is 8.06. The number of hydrogen-bond acceptors (Lipinski definition) is 3. The molecule has 0 saturated heterocycles. The van der Waals surface area contributed by atoms with Crippen LogP contribution in [0.4, 0.5) is 0 Å². The van der Waals surface area contributed by atoms with Crippen molar-refractivity contribution >= 4 is 0 Å². The van der Waals surface area contributed by atoms with Crippen molar-refractivity contribution in [2.45, 2.75) is 44.5 Å². The van der Waals surface area contributed by atoms with Gasteiger partial charge in [-0.25, -0.2) is 0 Å². The largest absolute Gasteiger partial charge is 0.380 e. The first-order valence-corrected chi connectivity index (χ1v) is 7.66. The van der Waals surface area contributed by atoms with Gasteiger partial charge in [-0.05, 0) is 24.8 Å². The molecule has 1 saturated carbocycles. The van der Waals surface area contributed by atoms with Gasteiger partial charge in [0.2, 0.25) is 0 Å². The zero-order chi connectivity index (χ0) is 14.5. The average molecular weight is 285 g/mol. The second kappa shape index (κ2) is 6.87. The normalized spacial score (nSPS) is 21.8. The lowest BCUT2D eigenvalue weighted by atomic mass is 10.2. The lowest BCUT2D eigenvalue weighted by Gasteiger charge is -2.19. The van der Waals surface area contributed by atoms with E-state index < -0.39 is 0 Å². The topological polar surface area (TPSA) is 39.1 Å². The molecule has 4 heteroatoms. The molecule has 4 nitrogen and oxygen atoms in total. The molecule has 1 aromatic heterocycles. The van der Waals surface area contributed by atoms with Crippen LogP contribution in [0.2, 0.25) is 0 Å². The first-order valence-electron chi connectivity index (χ1n) is 7.66. The Bertz CT molecular complexity index is 552. The molecule has 2 aromatic rings. The molecular weight excluding hydrogens is 262 g/mol. The van der Waals surface area contributed by atoms with Crippen molar-refractivity contribution in [2.75, 3.05) is 7.11 Å². The molecule has 1 fully saturated rings. The maximum Gasteiger partial charge on any atom is 0.0724 e. The van der Waals surface area contributed by atoms with E-state index in [9.17, 15) is 0 Å². The van der Waals surface area contributed by atoms with E-state index in [2.05, 4.69) is 40.9 Å². The van der Waals surface area contributed by atoms with E-state index in [-0.39, 0.29) is 0 Å². The average Bonchev–Trinajstić information content (AvgIpc) is 3.15. The van der Waals surface area contributed by atoms with Crippen LogP contribution in [0.1, 0.15) is 30.4 Å². The summed E-state index contributed by atoms with van der Waals surface area (Å²) in [4.78, 5) is 0. The first-order chi connectivity index (χ1) is 10.3. The zero-order valence-electron chi connectivity index (χ0n) is 12.5. The number of rotatable bonds is 6. The summed E-state index contributed by atoms with van der Waals surface area (Å²) < 4.78 is 7.51. The fraction of sp³-hybridized carbons (Fsp3) is 0.471. The zero-order valence-corrected chi connectivity index (χ0v) is 12.5. The first kappa shape index (κ1) is 14.3. The Morgan fingerprint density at radius 1 is 1.24 bits per heavy atom. The highest BCUT2D eigenvalue weighted by Crippen LogP contribution is 2.21. The molecule has 2 unspecified atom stereocenters. The summed E-state index contributed by atoms with van der Waals surface area (Å²) >= 11 is 0. The van der Waals surface area contributed by atoms with Gasteiger partial charge in [0.15, 0.2) is 0 Å². The Morgan fingerprint density at radius 3 is 2.90 bits per heavy atom. The molecule has 0 spiro atoms. The monoisotopic (exact) mass is 285 g/mol. The Kier molecular flexibility index (Phi) is 4.68. The summed E-state index contributed by atoms with van der Waals surface area (Å²) in [5, 5.41) is 8.04. The number of nitrogens with zero attached hydrogens (tertiary/aromatic N) is 2. The second-order valence-corrected chi connectivity index (χ2v) is 5.72. The van der Waals surface area contributed by atoms with Crippen molar-refractivity contribution in [2.24, 2.45) is 0 Å². The summed E-state index contributed by atoms with van der Waals surface area (Å²) in [5.41, 5.74) is 2.50. The van der Waals surface area contributed by atoms with Gasteiger partial charge in [0, 0.05) is 31.5 Å². The highest BCUT2D eigenvalue weighted by molar-refractivity contribution is 5.15. The van der Waals surface area contributed by atoms with Crippen LogP contribution in [0.5, 0.6) is 0 Å². The number of nitrogens with one attached hydrogen (secondary N) is 1. The van der Waals surface area contributed by atoms with Crippen molar-refractivity contribution in [1.82, 2.24) is 15.1 Å². The van der Waals surface area contributed by atoms with Crippen LogP contribution < -0.4 is 5.32 Å². The molecule has 0 amide bonds. The smallest absolute Gasteiger partial charge is 0.0724 e. The predicted octanol–water partition coefficient (Wildman–Crippen LogP) is 2.59. The van der Waals surface area contributed by atoms with Crippen molar-refractivity contribution in [3.05, 3.63) is 53.9 Å².